The Labute approximate surface area is 149 Å². The topological polar surface area (TPSA) is 66.5 Å². The van der Waals surface area contributed by atoms with Gasteiger partial charge >= 0.3 is 0 Å². The largest absolute Gasteiger partial charge is 0.320 e. The first-order valence-corrected chi connectivity index (χ1v) is 9.33. The summed E-state index contributed by atoms with van der Waals surface area (Å²) in [6, 6.07) is 9.69. The van der Waals surface area contributed by atoms with E-state index in [4.69, 9.17) is 11.6 Å². The number of rotatable bonds is 6. The number of nitrogens with one attached hydrogen (secondary N) is 1. The van der Waals surface area contributed by atoms with Crippen LogP contribution in [0.1, 0.15) is 5.56 Å². The van der Waals surface area contributed by atoms with E-state index in [1.165, 1.54) is 0 Å². The Morgan fingerprint density at radius 2 is 1.72 bits per heavy atom. The number of hydrogen-bond acceptors (Lipinski definition) is 3. The Balaban J connectivity index is 2.18. The molecule has 134 valence electrons. The number of para-hydroxylation sites is 1. The number of carbonyl (C=O) groups is 1. The molecular formula is C16H15ClF2N2O3S. The molecule has 0 aliphatic carbocycles. The number of nitrogens with zero attached hydrogens (tertiary/aromatic N) is 1. The van der Waals surface area contributed by atoms with Crippen LogP contribution >= 0.6 is 11.6 Å². The van der Waals surface area contributed by atoms with E-state index in [0.717, 1.165) is 28.8 Å². The Morgan fingerprint density at radius 3 is 2.28 bits per heavy atom. The van der Waals surface area contributed by atoms with Gasteiger partial charge in [-0.25, -0.2) is 17.2 Å². The molecule has 0 aliphatic rings. The summed E-state index contributed by atoms with van der Waals surface area (Å²) in [5, 5.41) is 2.40. The van der Waals surface area contributed by atoms with Crippen LogP contribution in [0.15, 0.2) is 42.5 Å². The maximum absolute atomic E-state index is 13.6. The third kappa shape index (κ3) is 5.22. The van der Waals surface area contributed by atoms with Crippen molar-refractivity contribution in [3.8, 4) is 0 Å². The molecule has 1 amide bonds. The fraction of sp³-hybridized carbons (Fsp3) is 0.188. The quantitative estimate of drug-likeness (QED) is 0.827. The number of benzene rings is 2. The standard InChI is InChI=1S/C16H15ClF2N2O3S/c1-25(23,24)21(9-11-5-2-3-6-12(11)17)10-15(22)20-16-13(18)7-4-8-14(16)19/h2-8H,9-10H2,1H3,(H,20,22). The van der Waals surface area contributed by atoms with Crippen LogP contribution in [0.3, 0.4) is 0 Å². The Kier molecular flexibility index (Phi) is 6.10. The molecule has 0 heterocycles. The van der Waals surface area contributed by atoms with Crippen molar-refractivity contribution in [2.45, 2.75) is 6.54 Å². The van der Waals surface area contributed by atoms with Gasteiger partial charge in [0.1, 0.15) is 17.3 Å². The zero-order valence-electron chi connectivity index (χ0n) is 13.2. The number of anilines is 1. The van der Waals surface area contributed by atoms with Crippen LogP contribution in [0.4, 0.5) is 14.5 Å². The van der Waals surface area contributed by atoms with Crippen molar-refractivity contribution in [2.24, 2.45) is 0 Å². The fourth-order valence-corrected chi connectivity index (χ4v) is 2.98. The van der Waals surface area contributed by atoms with Crippen molar-refractivity contribution in [1.29, 1.82) is 0 Å². The van der Waals surface area contributed by atoms with Gasteiger partial charge in [-0.2, -0.15) is 4.31 Å². The van der Waals surface area contributed by atoms with Crippen molar-refractivity contribution >= 4 is 33.2 Å². The van der Waals surface area contributed by atoms with Crippen molar-refractivity contribution in [1.82, 2.24) is 4.31 Å². The van der Waals surface area contributed by atoms with Gasteiger partial charge in [-0.3, -0.25) is 4.79 Å². The summed E-state index contributed by atoms with van der Waals surface area (Å²) in [5.74, 6) is -2.78. The lowest BCUT2D eigenvalue weighted by Gasteiger charge is -2.20. The lowest BCUT2D eigenvalue weighted by atomic mass is 10.2. The minimum Gasteiger partial charge on any atom is -0.320 e. The Morgan fingerprint density at radius 1 is 1.12 bits per heavy atom. The summed E-state index contributed by atoms with van der Waals surface area (Å²) in [6.45, 7) is -0.760. The molecule has 0 fully saturated rings. The normalized spacial score (nSPS) is 11.6. The average Bonchev–Trinajstić information content (AvgIpc) is 2.51. The highest BCUT2D eigenvalue weighted by molar-refractivity contribution is 7.88. The molecule has 0 bridgehead atoms. The highest BCUT2D eigenvalue weighted by Gasteiger charge is 2.22. The van der Waals surface area contributed by atoms with Crippen molar-refractivity contribution in [3.05, 3.63) is 64.7 Å². The van der Waals surface area contributed by atoms with Gasteiger partial charge in [0.05, 0.1) is 12.8 Å². The predicted octanol–water partition coefficient (Wildman–Crippen LogP) is 3.02. The van der Waals surface area contributed by atoms with E-state index in [9.17, 15) is 22.0 Å². The van der Waals surface area contributed by atoms with Gasteiger partial charge in [-0.1, -0.05) is 35.9 Å². The number of halogens is 3. The van der Waals surface area contributed by atoms with Gasteiger partial charge in [0.15, 0.2) is 0 Å². The molecule has 25 heavy (non-hydrogen) atoms. The second kappa shape index (κ2) is 7.90. The molecular weight excluding hydrogens is 374 g/mol. The van der Waals surface area contributed by atoms with E-state index in [2.05, 4.69) is 5.32 Å². The third-order valence-corrected chi connectivity index (χ3v) is 4.89. The van der Waals surface area contributed by atoms with Crippen LogP contribution in [-0.4, -0.2) is 31.4 Å². The van der Waals surface area contributed by atoms with Crippen LogP contribution in [0.5, 0.6) is 0 Å². The summed E-state index contributed by atoms with van der Waals surface area (Å²) < 4.78 is 51.9. The molecule has 0 saturated carbocycles. The predicted molar refractivity (Wildman–Crippen MR) is 91.7 cm³/mol. The first-order valence-electron chi connectivity index (χ1n) is 7.11. The lowest BCUT2D eigenvalue weighted by molar-refractivity contribution is -0.116. The van der Waals surface area contributed by atoms with Gasteiger partial charge in [0.2, 0.25) is 15.9 Å². The molecule has 2 rings (SSSR count). The molecule has 0 radical (unpaired) electrons. The summed E-state index contributed by atoms with van der Waals surface area (Å²) in [4.78, 5) is 12.1. The van der Waals surface area contributed by atoms with E-state index in [1.807, 2.05) is 0 Å². The van der Waals surface area contributed by atoms with E-state index in [-0.39, 0.29) is 6.54 Å². The van der Waals surface area contributed by atoms with Gasteiger partial charge in [-0.05, 0) is 23.8 Å². The molecule has 0 unspecified atom stereocenters. The van der Waals surface area contributed by atoms with Gasteiger partial charge in [-0.15, -0.1) is 0 Å². The molecule has 0 spiro atoms. The van der Waals surface area contributed by atoms with Gasteiger partial charge < -0.3 is 5.32 Å². The Bertz CT molecular complexity index is 870. The summed E-state index contributed by atoms with van der Waals surface area (Å²) in [5.41, 5.74) is -0.127. The van der Waals surface area contributed by atoms with Crippen LogP contribution in [-0.2, 0) is 21.4 Å². The molecule has 9 heteroatoms. The zero-order valence-corrected chi connectivity index (χ0v) is 14.7. The minimum absolute atomic E-state index is 0.147. The molecule has 2 aromatic carbocycles. The first-order chi connectivity index (χ1) is 11.7. The molecule has 0 aromatic heterocycles. The summed E-state index contributed by atoms with van der Waals surface area (Å²) >= 11 is 6.01. The molecule has 2 aromatic rings. The maximum Gasteiger partial charge on any atom is 0.239 e. The third-order valence-electron chi connectivity index (χ3n) is 3.32. The van der Waals surface area contributed by atoms with E-state index >= 15 is 0 Å². The van der Waals surface area contributed by atoms with Crippen molar-refractivity contribution in [2.75, 3.05) is 18.1 Å². The smallest absolute Gasteiger partial charge is 0.239 e. The summed E-state index contributed by atoms with van der Waals surface area (Å²) in [6.07, 6.45) is 0.931. The molecule has 0 atom stereocenters. The fourth-order valence-electron chi connectivity index (χ4n) is 2.06. The highest BCUT2D eigenvalue weighted by Crippen LogP contribution is 2.20. The zero-order chi connectivity index (χ0) is 18.6. The number of sulfonamides is 1. The molecule has 0 aliphatic heterocycles. The van der Waals surface area contributed by atoms with Gasteiger partial charge in [0.25, 0.3) is 0 Å². The number of amides is 1. The number of hydrogen-bond donors (Lipinski definition) is 1. The maximum atomic E-state index is 13.6. The lowest BCUT2D eigenvalue weighted by Crippen LogP contribution is -2.37. The molecule has 0 saturated heterocycles. The second-order valence-corrected chi connectivity index (χ2v) is 7.66. The van der Waals surface area contributed by atoms with Crippen LogP contribution in [0.2, 0.25) is 5.02 Å². The molecule has 1 N–H and O–H groups in total. The monoisotopic (exact) mass is 388 g/mol. The minimum atomic E-state index is -3.76. The van der Waals surface area contributed by atoms with Crippen molar-refractivity contribution in [3.63, 3.8) is 0 Å². The molecule has 5 nitrogen and oxygen atoms in total. The van der Waals surface area contributed by atoms with E-state index < -0.39 is 39.8 Å². The van der Waals surface area contributed by atoms with Crippen LogP contribution < -0.4 is 5.32 Å². The van der Waals surface area contributed by atoms with Gasteiger partial charge in [0, 0.05) is 11.6 Å². The highest BCUT2D eigenvalue weighted by atomic mass is 35.5. The SMILES string of the molecule is CS(=O)(=O)N(CC(=O)Nc1c(F)cccc1F)Cc1ccccc1Cl. The van der Waals surface area contributed by atoms with Crippen LogP contribution in [0, 0.1) is 11.6 Å². The van der Waals surface area contributed by atoms with E-state index in [1.54, 1.807) is 24.3 Å². The summed E-state index contributed by atoms with van der Waals surface area (Å²) in [7, 11) is -3.76. The number of carbonyl (C=O) groups excluding carboxylic acids is 1. The van der Waals surface area contributed by atoms with E-state index in [0.29, 0.717) is 10.6 Å². The first kappa shape index (κ1) is 19.3. The average molecular weight is 389 g/mol. The second-order valence-electron chi connectivity index (χ2n) is 5.27. The Hall–Kier alpha value is -2.03. The van der Waals surface area contributed by atoms with Crippen molar-refractivity contribution < 1.29 is 22.0 Å². The van der Waals surface area contributed by atoms with Crippen LogP contribution in [0.25, 0.3) is 0 Å².